The van der Waals surface area contributed by atoms with Crippen molar-refractivity contribution in [3.05, 3.63) is 0 Å². The molecule has 2 saturated carbocycles. The van der Waals surface area contributed by atoms with Gasteiger partial charge in [0.25, 0.3) is 0 Å². The number of amides is 1. The summed E-state index contributed by atoms with van der Waals surface area (Å²) in [5.41, 5.74) is 5.30. The van der Waals surface area contributed by atoms with Crippen molar-refractivity contribution in [2.24, 2.45) is 23.0 Å². The largest absolute Gasteiger partial charge is 0.369 e. The molecule has 5 heteroatoms. The average Bonchev–Trinajstić information content (AvgIpc) is 1.97. The summed E-state index contributed by atoms with van der Waals surface area (Å²) in [6.07, 6.45) is 3.93. The molecule has 0 aromatic heterocycles. The number of hydrogen-bond donors (Lipinski definition) is 1. The number of carbonyl (C=O) groups is 1. The standard InChI is InChI=1S/C10H15F2NO2/c11-9(12)15-5-7-6(8(13)14)4-10(7)2-1-3-10/h6-7,9H,1-5H2,(H2,13,14). The first-order valence-electron chi connectivity index (χ1n) is 5.24. The first-order chi connectivity index (χ1) is 7.05. The van der Waals surface area contributed by atoms with Crippen molar-refractivity contribution in [1.82, 2.24) is 0 Å². The fourth-order valence-corrected chi connectivity index (χ4v) is 2.97. The number of rotatable bonds is 4. The van der Waals surface area contributed by atoms with E-state index in [1.165, 1.54) is 0 Å². The van der Waals surface area contributed by atoms with Crippen molar-refractivity contribution in [1.29, 1.82) is 0 Å². The first kappa shape index (κ1) is 10.8. The highest BCUT2D eigenvalue weighted by Crippen LogP contribution is 2.62. The van der Waals surface area contributed by atoms with Crippen LogP contribution in [0.2, 0.25) is 0 Å². The van der Waals surface area contributed by atoms with Crippen LogP contribution < -0.4 is 5.73 Å². The van der Waals surface area contributed by atoms with E-state index in [1.807, 2.05) is 0 Å². The molecule has 0 aromatic rings. The number of nitrogens with two attached hydrogens (primary N) is 1. The summed E-state index contributed by atoms with van der Waals surface area (Å²) in [5, 5.41) is 0. The van der Waals surface area contributed by atoms with Gasteiger partial charge in [0.1, 0.15) is 0 Å². The van der Waals surface area contributed by atoms with Crippen LogP contribution in [0.15, 0.2) is 0 Å². The Morgan fingerprint density at radius 1 is 1.53 bits per heavy atom. The maximum absolute atomic E-state index is 11.9. The molecule has 0 bridgehead atoms. The van der Waals surface area contributed by atoms with Crippen molar-refractivity contribution < 1.29 is 18.3 Å². The highest BCUT2D eigenvalue weighted by molar-refractivity contribution is 5.78. The zero-order valence-electron chi connectivity index (χ0n) is 8.42. The molecule has 3 nitrogen and oxygen atoms in total. The Kier molecular flexibility index (Phi) is 2.66. The Hall–Kier alpha value is -0.710. The molecule has 0 aliphatic heterocycles. The molecule has 2 unspecified atom stereocenters. The number of hydrogen-bond acceptors (Lipinski definition) is 2. The van der Waals surface area contributed by atoms with E-state index in [0.717, 1.165) is 25.7 Å². The number of carbonyl (C=O) groups excluding carboxylic acids is 1. The Labute approximate surface area is 87.0 Å². The molecule has 2 N–H and O–H groups in total. The lowest BCUT2D eigenvalue weighted by molar-refractivity contribution is -0.197. The van der Waals surface area contributed by atoms with Crippen LogP contribution in [0.25, 0.3) is 0 Å². The van der Waals surface area contributed by atoms with Crippen LogP contribution in [-0.2, 0) is 9.53 Å². The second kappa shape index (κ2) is 3.70. The predicted molar refractivity (Wildman–Crippen MR) is 49.0 cm³/mol. The zero-order valence-corrected chi connectivity index (χ0v) is 8.42. The Balaban J connectivity index is 1.93. The topological polar surface area (TPSA) is 52.3 Å². The number of alkyl halides is 2. The Bertz CT molecular complexity index is 266. The van der Waals surface area contributed by atoms with Gasteiger partial charge in [-0.2, -0.15) is 8.78 Å². The maximum atomic E-state index is 11.9. The zero-order chi connectivity index (χ0) is 11.1. The molecule has 0 saturated heterocycles. The van der Waals surface area contributed by atoms with Crippen LogP contribution >= 0.6 is 0 Å². The van der Waals surface area contributed by atoms with Crippen LogP contribution in [0, 0.1) is 17.3 Å². The van der Waals surface area contributed by atoms with Gasteiger partial charge in [-0.25, -0.2) is 0 Å². The van der Waals surface area contributed by atoms with Crippen molar-refractivity contribution in [3.8, 4) is 0 Å². The van der Waals surface area contributed by atoms with E-state index in [9.17, 15) is 13.6 Å². The third kappa shape index (κ3) is 1.73. The van der Waals surface area contributed by atoms with E-state index >= 15 is 0 Å². The summed E-state index contributed by atoms with van der Waals surface area (Å²) in [7, 11) is 0. The predicted octanol–water partition coefficient (Wildman–Crippen LogP) is 1.52. The normalized spacial score (nSPS) is 32.5. The lowest BCUT2D eigenvalue weighted by Gasteiger charge is -2.59. The molecule has 2 rings (SSSR count). The van der Waals surface area contributed by atoms with E-state index in [-0.39, 0.29) is 29.8 Å². The van der Waals surface area contributed by atoms with Gasteiger partial charge < -0.3 is 10.5 Å². The van der Waals surface area contributed by atoms with E-state index in [0.29, 0.717) is 0 Å². The van der Waals surface area contributed by atoms with E-state index in [4.69, 9.17) is 5.73 Å². The summed E-state index contributed by atoms with van der Waals surface area (Å²) in [6.45, 7) is -2.79. The molecule has 2 atom stereocenters. The van der Waals surface area contributed by atoms with Gasteiger partial charge in [0.15, 0.2) is 0 Å². The van der Waals surface area contributed by atoms with E-state index in [1.54, 1.807) is 0 Å². The molecular formula is C10H15F2NO2. The summed E-state index contributed by atoms with van der Waals surface area (Å²) in [6, 6.07) is 0. The van der Waals surface area contributed by atoms with Crippen molar-refractivity contribution in [3.63, 3.8) is 0 Å². The Morgan fingerprint density at radius 3 is 2.60 bits per heavy atom. The smallest absolute Gasteiger partial charge is 0.345 e. The van der Waals surface area contributed by atoms with Crippen LogP contribution in [0.5, 0.6) is 0 Å². The first-order valence-corrected chi connectivity index (χ1v) is 5.24. The quantitative estimate of drug-likeness (QED) is 0.779. The highest BCUT2D eigenvalue weighted by atomic mass is 19.3. The van der Waals surface area contributed by atoms with E-state index in [2.05, 4.69) is 4.74 Å². The van der Waals surface area contributed by atoms with Gasteiger partial charge in [-0.15, -0.1) is 0 Å². The molecule has 2 aliphatic rings. The van der Waals surface area contributed by atoms with Crippen LogP contribution in [-0.4, -0.2) is 19.1 Å². The monoisotopic (exact) mass is 219 g/mol. The minimum atomic E-state index is -2.75. The second-order valence-electron chi connectivity index (χ2n) is 4.63. The molecule has 0 heterocycles. The van der Waals surface area contributed by atoms with Gasteiger partial charge in [0, 0.05) is 5.92 Å². The maximum Gasteiger partial charge on any atom is 0.345 e. The summed E-state index contributed by atoms with van der Waals surface area (Å²) in [4.78, 5) is 11.0. The van der Waals surface area contributed by atoms with Gasteiger partial charge in [-0.3, -0.25) is 4.79 Å². The molecule has 15 heavy (non-hydrogen) atoms. The summed E-state index contributed by atoms with van der Waals surface area (Å²) in [5.74, 6) is -0.725. The SMILES string of the molecule is NC(=O)C1CC2(CCC2)C1COC(F)F. The van der Waals surface area contributed by atoms with Crippen LogP contribution in [0.1, 0.15) is 25.7 Å². The molecule has 0 aromatic carbocycles. The average molecular weight is 219 g/mol. The van der Waals surface area contributed by atoms with Gasteiger partial charge in [0.05, 0.1) is 6.61 Å². The van der Waals surface area contributed by atoms with Crippen LogP contribution in [0.4, 0.5) is 8.78 Å². The third-order valence-corrected chi connectivity index (χ3v) is 4.02. The second-order valence-corrected chi connectivity index (χ2v) is 4.63. The highest BCUT2D eigenvalue weighted by Gasteiger charge is 2.58. The molecular weight excluding hydrogens is 204 g/mol. The molecule has 2 aliphatic carbocycles. The summed E-state index contributed by atoms with van der Waals surface area (Å²) >= 11 is 0. The molecule has 1 spiro atoms. The number of halogens is 2. The van der Waals surface area contributed by atoms with Gasteiger partial charge in [0.2, 0.25) is 5.91 Å². The molecule has 0 radical (unpaired) electrons. The minimum Gasteiger partial charge on any atom is -0.369 e. The lowest BCUT2D eigenvalue weighted by Crippen LogP contribution is -2.58. The summed E-state index contributed by atoms with van der Waals surface area (Å²) < 4.78 is 28.2. The Morgan fingerprint density at radius 2 is 2.20 bits per heavy atom. The van der Waals surface area contributed by atoms with Crippen molar-refractivity contribution in [2.75, 3.05) is 6.61 Å². The van der Waals surface area contributed by atoms with Crippen molar-refractivity contribution in [2.45, 2.75) is 32.3 Å². The molecule has 1 amide bonds. The fraction of sp³-hybridized carbons (Fsp3) is 0.900. The third-order valence-electron chi connectivity index (χ3n) is 4.02. The van der Waals surface area contributed by atoms with Gasteiger partial charge >= 0.3 is 6.61 Å². The number of ether oxygens (including phenoxy) is 1. The lowest BCUT2D eigenvalue weighted by atomic mass is 9.45. The molecule has 86 valence electrons. The van der Waals surface area contributed by atoms with Gasteiger partial charge in [-0.1, -0.05) is 6.42 Å². The number of primary amides is 1. The van der Waals surface area contributed by atoms with E-state index < -0.39 is 6.61 Å². The minimum absolute atomic E-state index is 0.0364. The molecule has 2 fully saturated rings. The van der Waals surface area contributed by atoms with Gasteiger partial charge in [-0.05, 0) is 30.6 Å². The van der Waals surface area contributed by atoms with Crippen LogP contribution in [0.3, 0.4) is 0 Å². The van der Waals surface area contributed by atoms with Crippen molar-refractivity contribution >= 4 is 5.91 Å². The fourth-order valence-electron chi connectivity index (χ4n) is 2.97.